The van der Waals surface area contributed by atoms with Crippen molar-refractivity contribution in [1.29, 1.82) is 0 Å². The molecular weight excluding hydrogens is 856 g/mol. The molecule has 344 valence electrons. The molecule has 0 radical (unpaired) electrons. The summed E-state index contributed by atoms with van der Waals surface area (Å²) < 4.78 is 70.3. The van der Waals surface area contributed by atoms with Gasteiger partial charge in [0, 0.05) is 0 Å². The first-order valence-corrected chi connectivity index (χ1v) is 26.6. The van der Waals surface area contributed by atoms with Gasteiger partial charge in [-0.25, -0.2) is 0 Å². The molecule has 4 aromatic carbocycles. The van der Waals surface area contributed by atoms with Crippen LogP contribution in [0.3, 0.4) is 0 Å². The maximum absolute atomic E-state index is 17.8. The Morgan fingerprint density at radius 1 is 0.569 bits per heavy atom. The van der Waals surface area contributed by atoms with Crippen LogP contribution in [0.2, 0.25) is 0 Å². The van der Waals surface area contributed by atoms with Crippen LogP contribution < -0.4 is 7.74 Å². The number of hydrogen-bond donors (Lipinski definition) is 0. The second-order valence-corrected chi connectivity index (χ2v) is 25.0. The molecule has 9 heteroatoms. The van der Waals surface area contributed by atoms with Crippen LogP contribution in [0.5, 0.6) is 0 Å². The zero-order valence-electron chi connectivity index (χ0n) is 39.2. The molecule has 0 heterocycles. The summed E-state index contributed by atoms with van der Waals surface area (Å²) >= 11 is -5.10. The summed E-state index contributed by atoms with van der Waals surface area (Å²) in [5.41, 5.74) is 1.28. The van der Waals surface area contributed by atoms with Gasteiger partial charge in [-0.2, -0.15) is 0 Å². The first-order valence-electron chi connectivity index (χ1n) is 23.5. The zero-order valence-corrected chi connectivity index (χ0v) is 40.7. The van der Waals surface area contributed by atoms with E-state index < -0.39 is 50.7 Å². The molecule has 0 aliphatic heterocycles. The molecule has 4 nitrogen and oxygen atoms in total. The van der Waals surface area contributed by atoms with Crippen LogP contribution in [-0.4, -0.2) is 34.7 Å². The van der Waals surface area contributed by atoms with E-state index in [2.05, 4.69) is 13.8 Å². The Morgan fingerprint density at radius 3 is 1.29 bits per heavy atom. The molecule has 2 aliphatic rings. The molecule has 4 aromatic rings. The Labute approximate surface area is 388 Å². The van der Waals surface area contributed by atoms with Crippen molar-refractivity contribution in [3.05, 3.63) is 175 Å². The molecule has 6 rings (SSSR count). The predicted molar refractivity (Wildman–Crippen MR) is 253 cm³/mol. The van der Waals surface area contributed by atoms with Gasteiger partial charge in [0.15, 0.2) is 0 Å². The first kappa shape index (κ1) is 49.6. The average molecular weight is 923 g/mol. The molecule has 0 fully saturated rings. The Bertz CT molecular complexity index is 2250. The molecule has 0 saturated carbocycles. The number of carbonyl (C=O) groups is 2. The van der Waals surface area contributed by atoms with Crippen molar-refractivity contribution in [1.82, 2.24) is 9.80 Å². The third-order valence-electron chi connectivity index (χ3n) is 13.3. The molecule has 2 aliphatic carbocycles. The van der Waals surface area contributed by atoms with Crippen molar-refractivity contribution in [3.63, 3.8) is 0 Å². The van der Waals surface area contributed by atoms with E-state index in [-0.39, 0.29) is 43.5 Å². The molecule has 0 unspecified atom stereocenters. The normalized spacial score (nSPS) is 13.9. The molecule has 2 amide bonds. The number of benzene rings is 4. The number of carbonyl (C=O) groups excluding carboxylic acids is 2. The second-order valence-electron chi connectivity index (χ2n) is 19.1. The average Bonchev–Trinajstić information content (AvgIpc) is 4.04. The van der Waals surface area contributed by atoms with Crippen LogP contribution in [0, 0.1) is 34.1 Å². The van der Waals surface area contributed by atoms with Crippen LogP contribution in [0.25, 0.3) is 0 Å². The summed E-state index contributed by atoms with van der Waals surface area (Å²) in [6, 6.07) is 24.9. The molecule has 0 atom stereocenters. The molecule has 0 N–H and O–H groups in total. The third kappa shape index (κ3) is 11.3. The van der Waals surface area contributed by atoms with Crippen LogP contribution in [-0.2, 0) is 52.1 Å². The van der Waals surface area contributed by atoms with Crippen LogP contribution in [0.4, 0.5) is 17.6 Å². The predicted octanol–water partition coefficient (Wildman–Crippen LogP) is 12.6. The number of allylic oxidation sites excluding steroid dienone is 8. The van der Waals surface area contributed by atoms with Gasteiger partial charge >= 0.3 is 391 Å². The van der Waals surface area contributed by atoms with Gasteiger partial charge in [-0.05, 0) is 0 Å². The van der Waals surface area contributed by atoms with Crippen LogP contribution in [0.15, 0.2) is 129 Å². The summed E-state index contributed by atoms with van der Waals surface area (Å²) in [4.78, 5) is 31.7. The van der Waals surface area contributed by atoms with Crippen molar-refractivity contribution in [3.8, 4) is 0 Å². The Kier molecular flexibility index (Phi) is 16.9. The molecule has 0 bridgehead atoms. The van der Waals surface area contributed by atoms with Crippen molar-refractivity contribution in [2.75, 3.05) is 13.1 Å². The fraction of sp³-hybridized carbons (Fsp3) is 0.393. The van der Waals surface area contributed by atoms with Gasteiger partial charge in [-0.3, -0.25) is 0 Å². The van der Waals surface area contributed by atoms with E-state index in [0.717, 1.165) is 36.8 Å². The molecular formula is C56H66F4N2O2Ti. The van der Waals surface area contributed by atoms with E-state index in [0.29, 0.717) is 59.6 Å². The van der Waals surface area contributed by atoms with Crippen LogP contribution in [0.1, 0.15) is 115 Å². The summed E-state index contributed by atoms with van der Waals surface area (Å²) in [5, 5.41) is 0. The first-order chi connectivity index (χ1) is 31.1. The summed E-state index contributed by atoms with van der Waals surface area (Å²) in [6.07, 6.45) is 16.0. The topological polar surface area (TPSA) is 40.6 Å². The second kappa shape index (κ2) is 22.1. The molecule has 0 spiro atoms. The number of rotatable bonds is 22. The van der Waals surface area contributed by atoms with Gasteiger partial charge < -0.3 is 0 Å². The van der Waals surface area contributed by atoms with Crippen LogP contribution >= 0.6 is 0 Å². The van der Waals surface area contributed by atoms with E-state index in [9.17, 15) is 9.59 Å². The number of amides is 2. The van der Waals surface area contributed by atoms with Gasteiger partial charge in [0.2, 0.25) is 0 Å². The van der Waals surface area contributed by atoms with Gasteiger partial charge in [0.25, 0.3) is 0 Å². The van der Waals surface area contributed by atoms with Crippen molar-refractivity contribution < 1.29 is 43.7 Å². The van der Waals surface area contributed by atoms with Gasteiger partial charge in [0.1, 0.15) is 0 Å². The van der Waals surface area contributed by atoms with Gasteiger partial charge in [-0.1, -0.05) is 0 Å². The number of nitrogens with zero attached hydrogens (tertiary/aromatic N) is 2. The van der Waals surface area contributed by atoms with E-state index in [1.54, 1.807) is 0 Å². The fourth-order valence-electron chi connectivity index (χ4n) is 10.0. The number of hydrogen-bond acceptors (Lipinski definition) is 2. The maximum atomic E-state index is 17.8. The zero-order chi connectivity index (χ0) is 46.8. The standard InChI is InChI=1S/2C23H28F2NO.2C5H5.Ti/c2*1-4-14-23(2,3)22(27)26(17-18-9-6-5-7-10-18)15-8-11-19-12-13-20(24)16-21(19)25;2*1-2-4-5-3-1;/h2*5-7,9-10,12-13H,4,8,11,14-15,17H2,1-3H3;2*1-3H,4H2;. The van der Waals surface area contributed by atoms with Crippen molar-refractivity contribution >= 4 is 19.6 Å². The minimum atomic E-state index is -5.10. The quantitative estimate of drug-likeness (QED) is 0.0582. The molecule has 0 saturated heterocycles. The number of aryl methyl sites for hydroxylation is 2. The van der Waals surface area contributed by atoms with Crippen molar-refractivity contribution in [2.45, 2.75) is 119 Å². The van der Waals surface area contributed by atoms with Gasteiger partial charge in [0.05, 0.1) is 0 Å². The van der Waals surface area contributed by atoms with E-state index in [1.165, 1.54) is 24.3 Å². The third-order valence-corrected chi connectivity index (χ3v) is 21.2. The van der Waals surface area contributed by atoms with Gasteiger partial charge in [-0.15, -0.1) is 0 Å². The summed E-state index contributed by atoms with van der Waals surface area (Å²) in [7, 11) is 0. The van der Waals surface area contributed by atoms with Crippen molar-refractivity contribution in [2.24, 2.45) is 10.8 Å². The minimum absolute atomic E-state index is 0.0143. The number of halogens is 4. The Balaban J connectivity index is 1.37. The van der Waals surface area contributed by atoms with E-state index in [1.807, 2.05) is 135 Å². The molecule has 0 aromatic heterocycles. The monoisotopic (exact) mass is 922 g/mol. The van der Waals surface area contributed by atoms with E-state index in [4.69, 9.17) is 0 Å². The SMILES string of the molecule is CCCC(C)(C)C(=O)N(CCCc1ccc(F)[c]([Ti]([C]2=CC=CC2)([C]2=CC=CC2)[c]2c(F)ccc(CCCN(Cc3ccccc3)C(=O)C(C)(C)CCC)c2F)c1F)Cc1ccccc1. The summed E-state index contributed by atoms with van der Waals surface area (Å²) in [6.45, 7) is 13.4. The Hall–Kier alpha value is -4.79. The van der Waals surface area contributed by atoms with E-state index >= 15 is 17.6 Å². The summed E-state index contributed by atoms with van der Waals surface area (Å²) in [5.74, 6) is -3.15. The Morgan fingerprint density at radius 2 is 0.954 bits per heavy atom. The fourth-order valence-corrected chi connectivity index (χ4v) is 18.4. The molecule has 65 heavy (non-hydrogen) atoms.